The molecule has 0 rings (SSSR count). The summed E-state index contributed by atoms with van der Waals surface area (Å²) in [4.78, 5) is 0. The van der Waals surface area contributed by atoms with Crippen LogP contribution in [-0.2, 0) is 4.74 Å². The van der Waals surface area contributed by atoms with Crippen LogP contribution in [0.2, 0.25) is 0 Å². The van der Waals surface area contributed by atoms with E-state index in [-0.39, 0.29) is 5.60 Å². The Hall–Kier alpha value is -0.950. The molecule has 0 bridgehead atoms. The minimum atomic E-state index is -0.797. The van der Waals surface area contributed by atoms with Gasteiger partial charge in [0.1, 0.15) is 0 Å². The SMILES string of the molecule is COC(C)(C)CC(C)(C#N)N=NCC(C)C. The van der Waals surface area contributed by atoms with Crippen molar-refractivity contribution in [3.8, 4) is 6.07 Å². The molecule has 0 heterocycles. The second-order valence-corrected chi connectivity index (χ2v) is 5.34. The normalized spacial score (nSPS) is 16.4. The fraction of sp³-hybridized carbons (Fsp3) is 0.917. The van der Waals surface area contributed by atoms with Gasteiger partial charge < -0.3 is 4.74 Å². The quantitative estimate of drug-likeness (QED) is 0.652. The first-order valence-electron chi connectivity index (χ1n) is 5.60. The lowest BCUT2D eigenvalue weighted by Crippen LogP contribution is -2.34. The fourth-order valence-corrected chi connectivity index (χ4v) is 1.36. The molecule has 4 nitrogen and oxygen atoms in total. The highest BCUT2D eigenvalue weighted by Crippen LogP contribution is 2.26. The van der Waals surface area contributed by atoms with Crippen molar-refractivity contribution in [2.75, 3.05) is 13.7 Å². The summed E-state index contributed by atoms with van der Waals surface area (Å²) in [7, 11) is 1.64. The van der Waals surface area contributed by atoms with E-state index < -0.39 is 5.54 Å². The molecule has 0 spiro atoms. The van der Waals surface area contributed by atoms with E-state index >= 15 is 0 Å². The van der Waals surface area contributed by atoms with Crippen molar-refractivity contribution in [3.05, 3.63) is 0 Å². The lowest BCUT2D eigenvalue weighted by Gasteiger charge is -2.28. The fourth-order valence-electron chi connectivity index (χ4n) is 1.36. The highest BCUT2D eigenvalue weighted by atomic mass is 16.5. The molecular weight excluding hydrogens is 202 g/mol. The molecule has 0 saturated carbocycles. The summed E-state index contributed by atoms with van der Waals surface area (Å²) in [5.74, 6) is 0.460. The molecule has 0 aliphatic heterocycles. The van der Waals surface area contributed by atoms with Crippen molar-refractivity contribution >= 4 is 0 Å². The molecule has 0 N–H and O–H groups in total. The Morgan fingerprint density at radius 3 is 2.25 bits per heavy atom. The number of rotatable bonds is 6. The van der Waals surface area contributed by atoms with Gasteiger partial charge in [0.05, 0.1) is 18.2 Å². The maximum atomic E-state index is 9.15. The Morgan fingerprint density at radius 2 is 1.88 bits per heavy atom. The van der Waals surface area contributed by atoms with Gasteiger partial charge in [-0.3, -0.25) is 0 Å². The van der Waals surface area contributed by atoms with E-state index in [9.17, 15) is 0 Å². The number of azo groups is 1. The number of nitrogens with zero attached hydrogens (tertiary/aromatic N) is 3. The molecule has 0 aliphatic carbocycles. The zero-order chi connectivity index (χ0) is 12.8. The third-order valence-electron chi connectivity index (χ3n) is 2.30. The van der Waals surface area contributed by atoms with Gasteiger partial charge in [0, 0.05) is 13.5 Å². The summed E-state index contributed by atoms with van der Waals surface area (Å²) in [6.45, 7) is 10.5. The van der Waals surface area contributed by atoms with Gasteiger partial charge in [-0.15, -0.1) is 0 Å². The average Bonchev–Trinajstić information content (AvgIpc) is 2.16. The average molecular weight is 225 g/mol. The van der Waals surface area contributed by atoms with Gasteiger partial charge in [-0.05, 0) is 26.7 Å². The van der Waals surface area contributed by atoms with Crippen LogP contribution in [0.4, 0.5) is 0 Å². The van der Waals surface area contributed by atoms with Crippen molar-refractivity contribution in [3.63, 3.8) is 0 Å². The van der Waals surface area contributed by atoms with Crippen molar-refractivity contribution < 1.29 is 4.74 Å². The van der Waals surface area contributed by atoms with Gasteiger partial charge in [0.15, 0.2) is 5.54 Å². The van der Waals surface area contributed by atoms with Gasteiger partial charge in [0.2, 0.25) is 0 Å². The van der Waals surface area contributed by atoms with E-state index in [0.29, 0.717) is 18.9 Å². The lowest BCUT2D eigenvalue weighted by atomic mass is 9.90. The lowest BCUT2D eigenvalue weighted by molar-refractivity contribution is 0.00480. The third-order valence-corrected chi connectivity index (χ3v) is 2.30. The number of nitriles is 1. The highest BCUT2D eigenvalue weighted by Gasteiger charge is 2.32. The van der Waals surface area contributed by atoms with E-state index in [4.69, 9.17) is 10.00 Å². The van der Waals surface area contributed by atoms with Crippen molar-refractivity contribution in [1.82, 2.24) is 0 Å². The Labute approximate surface area is 98.7 Å². The first-order chi connectivity index (χ1) is 7.24. The zero-order valence-corrected chi connectivity index (χ0v) is 11.2. The molecule has 1 unspecified atom stereocenters. The molecule has 0 amide bonds. The number of hydrogen-bond acceptors (Lipinski definition) is 4. The van der Waals surface area contributed by atoms with E-state index in [1.165, 1.54) is 0 Å². The first-order valence-corrected chi connectivity index (χ1v) is 5.60. The van der Waals surface area contributed by atoms with Crippen LogP contribution < -0.4 is 0 Å². The summed E-state index contributed by atoms with van der Waals surface area (Å²) >= 11 is 0. The minimum Gasteiger partial charge on any atom is -0.379 e. The van der Waals surface area contributed by atoms with Gasteiger partial charge in [-0.2, -0.15) is 15.5 Å². The molecule has 0 aromatic heterocycles. The van der Waals surface area contributed by atoms with E-state index in [1.807, 2.05) is 13.8 Å². The van der Waals surface area contributed by atoms with Crippen molar-refractivity contribution in [1.29, 1.82) is 5.26 Å². The van der Waals surface area contributed by atoms with Gasteiger partial charge in [0.25, 0.3) is 0 Å². The Morgan fingerprint density at radius 1 is 1.31 bits per heavy atom. The van der Waals surface area contributed by atoms with Crippen LogP contribution in [0, 0.1) is 17.2 Å². The van der Waals surface area contributed by atoms with E-state index in [1.54, 1.807) is 14.0 Å². The van der Waals surface area contributed by atoms with Crippen LogP contribution in [0.1, 0.15) is 41.0 Å². The van der Waals surface area contributed by atoms with Gasteiger partial charge in [-0.25, -0.2) is 0 Å². The zero-order valence-electron chi connectivity index (χ0n) is 11.2. The molecule has 0 radical (unpaired) electrons. The van der Waals surface area contributed by atoms with Crippen LogP contribution in [0.3, 0.4) is 0 Å². The van der Waals surface area contributed by atoms with Gasteiger partial charge in [-0.1, -0.05) is 13.8 Å². The van der Waals surface area contributed by atoms with Crippen molar-refractivity contribution in [2.24, 2.45) is 16.1 Å². The molecule has 0 aromatic carbocycles. The number of ether oxygens (including phenoxy) is 1. The second kappa shape index (κ2) is 5.95. The predicted octanol–water partition coefficient (Wildman–Crippen LogP) is 3.19. The van der Waals surface area contributed by atoms with Crippen molar-refractivity contribution in [2.45, 2.75) is 52.2 Å². The number of hydrogen-bond donors (Lipinski definition) is 0. The third kappa shape index (κ3) is 5.82. The molecule has 92 valence electrons. The first kappa shape index (κ1) is 15.0. The Balaban J connectivity index is 4.56. The largest absolute Gasteiger partial charge is 0.379 e. The summed E-state index contributed by atoms with van der Waals surface area (Å²) in [5, 5.41) is 17.4. The van der Waals surface area contributed by atoms with Gasteiger partial charge >= 0.3 is 0 Å². The molecule has 0 saturated heterocycles. The molecule has 16 heavy (non-hydrogen) atoms. The second-order valence-electron chi connectivity index (χ2n) is 5.34. The Kier molecular flexibility index (Phi) is 5.60. The monoisotopic (exact) mass is 225 g/mol. The molecule has 1 atom stereocenters. The topological polar surface area (TPSA) is 57.7 Å². The van der Waals surface area contributed by atoms with E-state index in [0.717, 1.165) is 0 Å². The van der Waals surface area contributed by atoms with Crippen LogP contribution in [0.15, 0.2) is 10.2 Å². The molecule has 4 heteroatoms. The maximum absolute atomic E-state index is 9.15. The van der Waals surface area contributed by atoms with E-state index in [2.05, 4.69) is 30.1 Å². The van der Waals surface area contributed by atoms with Crippen LogP contribution in [0.25, 0.3) is 0 Å². The smallest absolute Gasteiger partial charge is 0.167 e. The number of methoxy groups -OCH3 is 1. The van der Waals surface area contributed by atoms with Crippen LogP contribution >= 0.6 is 0 Å². The van der Waals surface area contributed by atoms with Crippen LogP contribution in [0.5, 0.6) is 0 Å². The summed E-state index contributed by atoms with van der Waals surface area (Å²) in [5.41, 5.74) is -1.16. The highest BCUT2D eigenvalue weighted by molar-refractivity contribution is 5.06. The molecular formula is C12H23N3O. The summed E-state index contributed by atoms with van der Waals surface area (Å²) in [6, 6.07) is 2.20. The Bertz CT molecular complexity index is 278. The standard InChI is InChI=1S/C12H23N3O/c1-10(2)7-14-15-12(5,9-13)8-11(3,4)16-6/h10H,7-8H2,1-6H3. The molecule has 0 fully saturated rings. The molecule has 0 aromatic rings. The summed E-state index contributed by atoms with van der Waals surface area (Å²) < 4.78 is 5.31. The van der Waals surface area contributed by atoms with Crippen LogP contribution in [-0.4, -0.2) is 24.8 Å². The summed E-state index contributed by atoms with van der Waals surface area (Å²) in [6.07, 6.45) is 0.536. The maximum Gasteiger partial charge on any atom is 0.167 e. The molecule has 0 aliphatic rings. The predicted molar refractivity (Wildman–Crippen MR) is 64.3 cm³/mol. The minimum absolute atomic E-state index is 0.360.